The Morgan fingerprint density at radius 3 is 2.25 bits per heavy atom. The second kappa shape index (κ2) is 10.9. The highest BCUT2D eigenvalue weighted by atomic mass is 32.2. The smallest absolute Gasteiger partial charge is 0.244 e. The first-order valence-electron chi connectivity index (χ1n) is 11.0. The van der Waals surface area contributed by atoms with Crippen molar-refractivity contribution in [2.45, 2.75) is 13.0 Å². The topological polar surface area (TPSA) is 92.0 Å². The van der Waals surface area contributed by atoms with Crippen molar-refractivity contribution in [3.8, 4) is 11.4 Å². The minimum atomic E-state index is -0.0160. The van der Waals surface area contributed by atoms with Crippen molar-refractivity contribution in [3.63, 3.8) is 0 Å². The van der Waals surface area contributed by atoms with Crippen molar-refractivity contribution in [2.75, 3.05) is 64.0 Å². The maximum atomic E-state index is 12.6. The third-order valence-corrected chi connectivity index (χ3v) is 6.76. The van der Waals surface area contributed by atoms with Gasteiger partial charge in [-0.05, 0) is 6.92 Å². The summed E-state index contributed by atoms with van der Waals surface area (Å²) in [5.74, 6) is 2.01. The maximum Gasteiger partial charge on any atom is 0.244 e. The van der Waals surface area contributed by atoms with Crippen LogP contribution in [0, 0.1) is 0 Å². The quantitative estimate of drug-likeness (QED) is 0.616. The summed E-state index contributed by atoms with van der Waals surface area (Å²) < 4.78 is 10.8. The van der Waals surface area contributed by atoms with Gasteiger partial charge < -0.3 is 19.1 Å². The minimum absolute atomic E-state index is 0.0160. The molecule has 2 aromatic rings. The fourth-order valence-corrected chi connectivity index (χ4v) is 4.66. The molecule has 0 bridgehead atoms. The molecule has 1 aromatic heterocycles. The molecule has 2 aliphatic heterocycles. The lowest BCUT2D eigenvalue weighted by Gasteiger charge is -2.36. The molecule has 1 unspecified atom stereocenters. The summed E-state index contributed by atoms with van der Waals surface area (Å²) in [6, 6.07) is 9.74. The van der Waals surface area contributed by atoms with Crippen LogP contribution in [0.5, 0.6) is 0 Å². The van der Waals surface area contributed by atoms with Gasteiger partial charge in [0.25, 0.3) is 0 Å². The Hall–Kier alpha value is -2.43. The summed E-state index contributed by atoms with van der Waals surface area (Å²) in [5, 5.41) is 4.11. The number of hydrogen-bond donors (Lipinski definition) is 0. The standard InChI is InChI=1S/C22H29N5O4S/c1-17(22-23-21(24-31-22)18-5-3-2-4-6-18)25-7-9-26(10-8-25)19(28)15-32-16-20(29)27-11-13-30-14-12-27/h2-6,17H,7-16H2,1H3. The van der Waals surface area contributed by atoms with E-state index in [0.717, 1.165) is 18.7 Å². The van der Waals surface area contributed by atoms with Gasteiger partial charge in [0.1, 0.15) is 0 Å². The number of benzene rings is 1. The third kappa shape index (κ3) is 5.67. The monoisotopic (exact) mass is 459 g/mol. The zero-order valence-corrected chi connectivity index (χ0v) is 19.1. The van der Waals surface area contributed by atoms with E-state index in [1.54, 1.807) is 0 Å². The number of thioether (sulfide) groups is 1. The van der Waals surface area contributed by atoms with Gasteiger partial charge in [-0.1, -0.05) is 35.5 Å². The highest BCUT2D eigenvalue weighted by Crippen LogP contribution is 2.23. The molecule has 1 atom stereocenters. The van der Waals surface area contributed by atoms with Crippen LogP contribution in [0.1, 0.15) is 18.9 Å². The number of ether oxygens (including phenoxy) is 1. The van der Waals surface area contributed by atoms with E-state index in [0.29, 0.717) is 62.6 Å². The summed E-state index contributed by atoms with van der Waals surface area (Å²) in [7, 11) is 0. The van der Waals surface area contributed by atoms with E-state index < -0.39 is 0 Å². The molecule has 3 heterocycles. The van der Waals surface area contributed by atoms with E-state index in [2.05, 4.69) is 15.0 Å². The molecule has 2 fully saturated rings. The Morgan fingerprint density at radius 1 is 0.969 bits per heavy atom. The molecule has 2 aliphatic rings. The van der Waals surface area contributed by atoms with E-state index in [1.165, 1.54) is 11.8 Å². The summed E-state index contributed by atoms with van der Waals surface area (Å²) in [5.41, 5.74) is 0.926. The summed E-state index contributed by atoms with van der Waals surface area (Å²) in [6.45, 7) is 7.31. The number of aromatic nitrogens is 2. The SMILES string of the molecule is CC(c1nc(-c2ccccc2)no1)N1CCN(C(=O)CSCC(=O)N2CCOCC2)CC1. The van der Waals surface area contributed by atoms with Gasteiger partial charge in [0.15, 0.2) is 0 Å². The van der Waals surface area contributed by atoms with E-state index in [9.17, 15) is 9.59 Å². The lowest BCUT2D eigenvalue weighted by molar-refractivity contribution is -0.132. The van der Waals surface area contributed by atoms with Gasteiger partial charge in [-0.3, -0.25) is 14.5 Å². The zero-order chi connectivity index (χ0) is 22.3. The number of hydrogen-bond acceptors (Lipinski definition) is 8. The number of rotatable bonds is 7. The van der Waals surface area contributed by atoms with Crippen molar-refractivity contribution in [3.05, 3.63) is 36.2 Å². The summed E-state index contributed by atoms with van der Waals surface area (Å²) in [4.78, 5) is 35.3. The van der Waals surface area contributed by atoms with Crippen molar-refractivity contribution in [1.82, 2.24) is 24.8 Å². The second-order valence-electron chi connectivity index (χ2n) is 7.90. The number of carbonyl (C=O) groups is 2. The van der Waals surface area contributed by atoms with E-state index in [-0.39, 0.29) is 17.9 Å². The summed E-state index contributed by atoms with van der Waals surface area (Å²) >= 11 is 1.39. The molecule has 172 valence electrons. The normalized spacial score (nSPS) is 18.5. The van der Waals surface area contributed by atoms with Gasteiger partial charge in [0.05, 0.1) is 30.8 Å². The van der Waals surface area contributed by atoms with Crippen molar-refractivity contribution in [2.24, 2.45) is 0 Å². The number of nitrogens with zero attached hydrogens (tertiary/aromatic N) is 5. The molecular formula is C22H29N5O4S. The first-order chi connectivity index (χ1) is 15.6. The van der Waals surface area contributed by atoms with Crippen LogP contribution in [0.2, 0.25) is 0 Å². The lowest BCUT2D eigenvalue weighted by Crippen LogP contribution is -2.50. The average molecular weight is 460 g/mol. The van der Waals surface area contributed by atoms with Crippen LogP contribution in [0.25, 0.3) is 11.4 Å². The molecule has 0 spiro atoms. The predicted octanol–water partition coefficient (Wildman–Crippen LogP) is 1.53. The molecular weight excluding hydrogens is 430 g/mol. The van der Waals surface area contributed by atoms with Crippen LogP contribution in [-0.4, -0.2) is 101 Å². The minimum Gasteiger partial charge on any atom is -0.378 e. The zero-order valence-electron chi connectivity index (χ0n) is 18.3. The van der Waals surface area contributed by atoms with E-state index in [4.69, 9.17) is 9.26 Å². The lowest BCUT2D eigenvalue weighted by atomic mass is 10.2. The Bertz CT molecular complexity index is 895. The summed E-state index contributed by atoms with van der Waals surface area (Å²) in [6.07, 6.45) is 0. The van der Waals surface area contributed by atoms with Crippen LogP contribution >= 0.6 is 11.8 Å². The molecule has 32 heavy (non-hydrogen) atoms. The Kier molecular flexibility index (Phi) is 7.77. The first kappa shape index (κ1) is 22.8. The van der Waals surface area contributed by atoms with Gasteiger partial charge in [0.2, 0.25) is 23.5 Å². The molecule has 1 aromatic carbocycles. The number of morpholine rings is 1. The van der Waals surface area contributed by atoms with Gasteiger partial charge in [-0.2, -0.15) is 4.98 Å². The van der Waals surface area contributed by atoms with E-state index >= 15 is 0 Å². The van der Waals surface area contributed by atoms with Crippen LogP contribution in [0.3, 0.4) is 0 Å². The molecule has 0 saturated carbocycles. The largest absolute Gasteiger partial charge is 0.378 e. The molecule has 2 amide bonds. The molecule has 4 rings (SSSR count). The first-order valence-corrected chi connectivity index (χ1v) is 12.1. The molecule has 10 heteroatoms. The van der Waals surface area contributed by atoms with Gasteiger partial charge >= 0.3 is 0 Å². The fraction of sp³-hybridized carbons (Fsp3) is 0.545. The molecule has 9 nitrogen and oxygen atoms in total. The maximum absolute atomic E-state index is 12.6. The van der Waals surface area contributed by atoms with Crippen LogP contribution in [-0.2, 0) is 14.3 Å². The molecule has 0 aliphatic carbocycles. The van der Waals surface area contributed by atoms with Crippen LogP contribution in [0.4, 0.5) is 0 Å². The molecule has 0 radical (unpaired) electrons. The van der Waals surface area contributed by atoms with Gasteiger partial charge in [-0.15, -0.1) is 11.8 Å². The Labute approximate surface area is 192 Å². The third-order valence-electron chi connectivity index (χ3n) is 5.86. The molecule has 2 saturated heterocycles. The van der Waals surface area contributed by atoms with E-state index in [1.807, 2.05) is 47.1 Å². The van der Waals surface area contributed by atoms with Gasteiger partial charge in [-0.25, -0.2) is 0 Å². The number of piperazine rings is 1. The number of amides is 2. The number of carbonyl (C=O) groups excluding carboxylic acids is 2. The van der Waals surface area contributed by atoms with Gasteiger partial charge in [0, 0.05) is 44.8 Å². The van der Waals surface area contributed by atoms with Crippen molar-refractivity contribution >= 4 is 23.6 Å². The average Bonchev–Trinajstić information content (AvgIpc) is 3.35. The molecule has 0 N–H and O–H groups in total. The van der Waals surface area contributed by atoms with Crippen molar-refractivity contribution in [1.29, 1.82) is 0 Å². The van der Waals surface area contributed by atoms with Crippen LogP contribution in [0.15, 0.2) is 34.9 Å². The highest BCUT2D eigenvalue weighted by molar-refractivity contribution is 8.00. The fourth-order valence-electron chi connectivity index (χ4n) is 3.85. The predicted molar refractivity (Wildman–Crippen MR) is 121 cm³/mol. The Balaban J connectivity index is 1.20. The highest BCUT2D eigenvalue weighted by Gasteiger charge is 2.28. The second-order valence-corrected chi connectivity index (χ2v) is 8.89. The van der Waals surface area contributed by atoms with Crippen molar-refractivity contribution < 1.29 is 18.8 Å². The Morgan fingerprint density at radius 2 is 1.59 bits per heavy atom. The van der Waals surface area contributed by atoms with Crippen LogP contribution < -0.4 is 0 Å².